The average molecular weight is 411 g/mol. The summed E-state index contributed by atoms with van der Waals surface area (Å²) in [4.78, 5) is 18.9. The van der Waals surface area contributed by atoms with Gasteiger partial charge in [0.05, 0.1) is 23.0 Å². The van der Waals surface area contributed by atoms with Crippen LogP contribution in [0.5, 0.6) is 0 Å². The molecule has 0 radical (unpaired) electrons. The fourth-order valence-corrected chi connectivity index (χ4v) is 6.50. The minimum Gasteiger partial charge on any atom is -0.338 e. The highest BCUT2D eigenvalue weighted by atomic mass is 32.2. The van der Waals surface area contributed by atoms with E-state index in [1.165, 1.54) is 28.7 Å². The number of carbonyl (C=O) groups excluding carboxylic acids is 1. The Labute approximate surface area is 162 Å². The number of hydrogen-bond acceptors (Lipinski definition) is 6. The number of aromatic nitrogens is 1. The molecule has 1 atom stereocenters. The van der Waals surface area contributed by atoms with Crippen LogP contribution >= 0.6 is 23.1 Å². The number of sulfone groups is 1. The Kier molecular flexibility index (Phi) is 6.04. The number of nitrogens with zero attached hydrogens (tertiary/aromatic N) is 2. The highest BCUT2D eigenvalue weighted by Gasteiger charge is 2.33. The van der Waals surface area contributed by atoms with E-state index in [0.717, 1.165) is 15.6 Å². The Morgan fingerprint density at radius 3 is 2.69 bits per heavy atom. The molecule has 1 aliphatic rings. The van der Waals surface area contributed by atoms with E-state index >= 15 is 0 Å². The normalized spacial score (nSPS) is 18.8. The standard InChI is InChI=1S/C18H22N2O3S3/c1-3-20(15-8-9-26(22,23)12-15)17(21)11-25-18-19-16(10-24-18)14-6-4-13(2)5-7-14/h4-7,10,15H,3,8-9,11-12H2,1-2H3. The molecule has 0 spiro atoms. The summed E-state index contributed by atoms with van der Waals surface area (Å²) in [5, 5.41) is 2.00. The third kappa shape index (κ3) is 4.66. The van der Waals surface area contributed by atoms with E-state index < -0.39 is 9.84 Å². The summed E-state index contributed by atoms with van der Waals surface area (Å²) in [5.41, 5.74) is 3.19. The van der Waals surface area contributed by atoms with Gasteiger partial charge in [0.1, 0.15) is 0 Å². The lowest BCUT2D eigenvalue weighted by atomic mass is 10.1. The number of amides is 1. The van der Waals surface area contributed by atoms with Gasteiger partial charge in [-0.3, -0.25) is 4.79 Å². The lowest BCUT2D eigenvalue weighted by Gasteiger charge is -2.26. The zero-order valence-electron chi connectivity index (χ0n) is 14.8. The lowest BCUT2D eigenvalue weighted by molar-refractivity contribution is -0.129. The van der Waals surface area contributed by atoms with Gasteiger partial charge in [0.2, 0.25) is 5.91 Å². The van der Waals surface area contributed by atoms with Gasteiger partial charge in [0.25, 0.3) is 0 Å². The smallest absolute Gasteiger partial charge is 0.233 e. The third-order valence-electron chi connectivity index (χ3n) is 4.46. The van der Waals surface area contributed by atoms with E-state index in [0.29, 0.717) is 13.0 Å². The molecule has 1 aliphatic heterocycles. The molecule has 2 aromatic rings. The fraction of sp³-hybridized carbons (Fsp3) is 0.444. The van der Waals surface area contributed by atoms with Crippen LogP contribution in [-0.2, 0) is 14.6 Å². The first-order valence-corrected chi connectivity index (χ1v) is 12.2. The van der Waals surface area contributed by atoms with E-state index in [2.05, 4.69) is 17.1 Å². The second-order valence-corrected chi connectivity index (χ2v) is 10.7. The minimum atomic E-state index is -2.99. The van der Waals surface area contributed by atoms with Gasteiger partial charge < -0.3 is 4.90 Å². The Hall–Kier alpha value is -1.38. The molecule has 8 heteroatoms. The van der Waals surface area contributed by atoms with Gasteiger partial charge in [0, 0.05) is 23.5 Å². The van der Waals surface area contributed by atoms with Crippen LogP contribution in [0.25, 0.3) is 11.3 Å². The number of hydrogen-bond donors (Lipinski definition) is 0. The van der Waals surface area contributed by atoms with Crippen LogP contribution in [0.1, 0.15) is 18.9 Å². The molecule has 5 nitrogen and oxygen atoms in total. The predicted molar refractivity (Wildman–Crippen MR) is 107 cm³/mol. The summed E-state index contributed by atoms with van der Waals surface area (Å²) in [6.07, 6.45) is 0.543. The molecule has 0 bridgehead atoms. The molecule has 1 aromatic heterocycles. The Balaban J connectivity index is 1.60. The number of thiazole rings is 1. The monoisotopic (exact) mass is 410 g/mol. The molecule has 0 aliphatic carbocycles. The maximum absolute atomic E-state index is 12.5. The van der Waals surface area contributed by atoms with Gasteiger partial charge >= 0.3 is 0 Å². The average Bonchev–Trinajstić information content (AvgIpc) is 3.21. The molecular weight excluding hydrogens is 388 g/mol. The Morgan fingerprint density at radius 2 is 2.08 bits per heavy atom. The Morgan fingerprint density at radius 1 is 1.35 bits per heavy atom. The molecule has 0 saturated carbocycles. The number of thioether (sulfide) groups is 1. The molecule has 140 valence electrons. The molecule has 1 unspecified atom stereocenters. The van der Waals surface area contributed by atoms with Crippen LogP contribution in [0.4, 0.5) is 0 Å². The topological polar surface area (TPSA) is 67.3 Å². The summed E-state index contributed by atoms with van der Waals surface area (Å²) in [6.45, 7) is 4.48. The summed E-state index contributed by atoms with van der Waals surface area (Å²) < 4.78 is 24.2. The maximum Gasteiger partial charge on any atom is 0.233 e. The first-order chi connectivity index (χ1) is 12.4. The van der Waals surface area contributed by atoms with Crippen LogP contribution < -0.4 is 0 Å². The largest absolute Gasteiger partial charge is 0.338 e. The van der Waals surface area contributed by atoms with Crippen molar-refractivity contribution in [2.75, 3.05) is 23.8 Å². The van der Waals surface area contributed by atoms with E-state index in [-0.39, 0.29) is 29.2 Å². The van der Waals surface area contributed by atoms with Crippen LogP contribution in [-0.4, -0.2) is 54.1 Å². The van der Waals surface area contributed by atoms with E-state index in [4.69, 9.17) is 0 Å². The van der Waals surface area contributed by atoms with Crippen molar-refractivity contribution in [2.24, 2.45) is 0 Å². The molecule has 1 fully saturated rings. The number of carbonyl (C=O) groups is 1. The molecule has 3 rings (SSSR count). The maximum atomic E-state index is 12.5. The summed E-state index contributed by atoms with van der Waals surface area (Å²) in [6, 6.07) is 8.02. The van der Waals surface area contributed by atoms with Crippen molar-refractivity contribution in [1.82, 2.24) is 9.88 Å². The highest BCUT2D eigenvalue weighted by Crippen LogP contribution is 2.29. The van der Waals surface area contributed by atoms with Crippen LogP contribution in [0.3, 0.4) is 0 Å². The van der Waals surface area contributed by atoms with Crippen molar-refractivity contribution in [3.63, 3.8) is 0 Å². The number of aryl methyl sites for hydroxylation is 1. The van der Waals surface area contributed by atoms with Gasteiger partial charge in [-0.25, -0.2) is 13.4 Å². The van der Waals surface area contributed by atoms with Gasteiger partial charge in [-0.05, 0) is 20.3 Å². The second kappa shape index (κ2) is 8.10. The van der Waals surface area contributed by atoms with Crippen molar-refractivity contribution >= 4 is 38.8 Å². The molecule has 0 N–H and O–H groups in total. The minimum absolute atomic E-state index is 0.0216. The van der Waals surface area contributed by atoms with Crippen molar-refractivity contribution < 1.29 is 13.2 Å². The summed E-state index contributed by atoms with van der Waals surface area (Å²) >= 11 is 2.94. The summed E-state index contributed by atoms with van der Waals surface area (Å²) in [5.74, 6) is 0.532. The van der Waals surface area contributed by atoms with E-state index in [1.54, 1.807) is 4.90 Å². The van der Waals surface area contributed by atoms with Crippen LogP contribution in [0.2, 0.25) is 0 Å². The van der Waals surface area contributed by atoms with Gasteiger partial charge in [-0.15, -0.1) is 11.3 Å². The molecule has 1 saturated heterocycles. The summed E-state index contributed by atoms with van der Waals surface area (Å²) in [7, 11) is -2.99. The third-order valence-corrected chi connectivity index (χ3v) is 8.22. The number of rotatable bonds is 6. The molecule has 26 heavy (non-hydrogen) atoms. The molecule has 1 aromatic carbocycles. The van der Waals surface area contributed by atoms with Crippen LogP contribution in [0.15, 0.2) is 34.0 Å². The van der Waals surface area contributed by atoms with Gasteiger partial charge in [0.15, 0.2) is 14.2 Å². The van der Waals surface area contributed by atoms with Gasteiger partial charge in [-0.2, -0.15) is 0 Å². The lowest BCUT2D eigenvalue weighted by Crippen LogP contribution is -2.41. The van der Waals surface area contributed by atoms with Crippen LogP contribution in [0, 0.1) is 6.92 Å². The zero-order valence-corrected chi connectivity index (χ0v) is 17.3. The number of benzene rings is 1. The van der Waals surface area contributed by atoms with E-state index in [9.17, 15) is 13.2 Å². The highest BCUT2D eigenvalue weighted by molar-refractivity contribution is 8.01. The zero-order chi connectivity index (χ0) is 18.7. The first kappa shape index (κ1) is 19.4. The van der Waals surface area contributed by atoms with E-state index in [1.807, 2.05) is 31.4 Å². The molecule has 1 amide bonds. The first-order valence-electron chi connectivity index (χ1n) is 8.53. The van der Waals surface area contributed by atoms with Crippen molar-refractivity contribution in [3.05, 3.63) is 35.2 Å². The molecule has 2 heterocycles. The van der Waals surface area contributed by atoms with Crippen molar-refractivity contribution in [1.29, 1.82) is 0 Å². The predicted octanol–water partition coefficient (Wildman–Crippen LogP) is 3.25. The molecular formula is C18H22N2O3S3. The fourth-order valence-electron chi connectivity index (χ4n) is 3.05. The quantitative estimate of drug-likeness (QED) is 0.684. The van der Waals surface area contributed by atoms with Gasteiger partial charge in [-0.1, -0.05) is 41.6 Å². The SMILES string of the molecule is CCN(C(=O)CSc1nc(-c2ccc(C)cc2)cs1)C1CCS(=O)(=O)C1. The Bertz CT molecular complexity index is 875. The van der Waals surface area contributed by atoms with Crippen molar-refractivity contribution in [2.45, 2.75) is 30.6 Å². The second-order valence-electron chi connectivity index (χ2n) is 6.39. The van der Waals surface area contributed by atoms with Crippen molar-refractivity contribution in [3.8, 4) is 11.3 Å².